The van der Waals surface area contributed by atoms with E-state index < -0.39 is 45.2 Å². The van der Waals surface area contributed by atoms with Gasteiger partial charge in [0.05, 0.1) is 24.2 Å². The Labute approximate surface area is 277 Å². The number of rotatable bonds is 16. The van der Waals surface area contributed by atoms with Crippen LogP contribution in [0.4, 0.5) is 8.78 Å². The van der Waals surface area contributed by atoms with Crippen molar-refractivity contribution < 1.29 is 31.8 Å². The molecular weight excluding hydrogens is 624 g/mol. The third-order valence-corrected chi connectivity index (χ3v) is 10.7. The molecule has 0 heterocycles. The molecule has 11 heteroatoms. The quantitative estimate of drug-likeness (QED) is 0.174. The second-order valence-electron chi connectivity index (χ2n) is 12.3. The second kappa shape index (κ2) is 16.6. The van der Waals surface area contributed by atoms with Gasteiger partial charge in [0.1, 0.15) is 17.4 Å². The Morgan fingerprint density at radius 2 is 1.62 bits per heavy atom. The summed E-state index contributed by atoms with van der Waals surface area (Å²) in [4.78, 5) is 13.6. The van der Waals surface area contributed by atoms with E-state index in [1.54, 1.807) is 7.11 Å². The van der Waals surface area contributed by atoms with Crippen LogP contribution in [0, 0.1) is 11.6 Å². The molecule has 2 atom stereocenters. The predicted octanol–water partition coefficient (Wildman–Crippen LogP) is 5.94. The first kappa shape index (κ1) is 36.5. The van der Waals surface area contributed by atoms with Crippen molar-refractivity contribution in [3.63, 3.8) is 0 Å². The van der Waals surface area contributed by atoms with E-state index in [-0.39, 0.29) is 29.0 Å². The fourth-order valence-corrected chi connectivity index (χ4v) is 8.07. The highest BCUT2D eigenvalue weighted by atomic mass is 32.2. The maximum Gasteiger partial charge on any atom is 0.251 e. The van der Waals surface area contributed by atoms with Crippen molar-refractivity contribution in [2.24, 2.45) is 0 Å². The van der Waals surface area contributed by atoms with Crippen molar-refractivity contribution in [1.82, 2.24) is 14.9 Å². The molecule has 0 aliphatic heterocycles. The third-order valence-electron chi connectivity index (χ3n) is 8.82. The topological polar surface area (TPSA) is 108 Å². The minimum Gasteiger partial charge on any atom is -0.497 e. The van der Waals surface area contributed by atoms with Crippen molar-refractivity contribution >= 4 is 15.9 Å². The number of nitrogens with one attached hydrogen (secondary N) is 2. The number of carbonyl (C=O) groups is 1. The Bertz CT molecular complexity index is 1570. The summed E-state index contributed by atoms with van der Waals surface area (Å²) >= 11 is 0. The lowest BCUT2D eigenvalue weighted by Gasteiger charge is -2.40. The van der Waals surface area contributed by atoms with Crippen LogP contribution < -0.4 is 15.4 Å². The Balaban J connectivity index is 1.60. The van der Waals surface area contributed by atoms with Gasteiger partial charge in [-0.15, -0.1) is 0 Å². The summed E-state index contributed by atoms with van der Waals surface area (Å²) in [5.74, 6) is -1.41. The molecule has 0 spiro atoms. The number of aliphatic hydroxyl groups excluding tert-OH is 1. The predicted molar refractivity (Wildman–Crippen MR) is 179 cm³/mol. The molecule has 3 aromatic rings. The average molecular weight is 672 g/mol. The van der Waals surface area contributed by atoms with Crippen molar-refractivity contribution in [1.29, 1.82) is 0 Å². The van der Waals surface area contributed by atoms with Gasteiger partial charge in [-0.05, 0) is 85.7 Å². The first-order valence-corrected chi connectivity index (χ1v) is 17.9. The van der Waals surface area contributed by atoms with Crippen LogP contribution in [-0.2, 0) is 22.0 Å². The van der Waals surface area contributed by atoms with Crippen molar-refractivity contribution in [2.45, 2.75) is 87.8 Å². The first-order chi connectivity index (χ1) is 22.5. The second-order valence-corrected chi connectivity index (χ2v) is 14.3. The Morgan fingerprint density at radius 1 is 0.957 bits per heavy atom. The lowest BCUT2D eigenvalue weighted by atomic mass is 9.76. The van der Waals surface area contributed by atoms with Gasteiger partial charge >= 0.3 is 0 Å². The zero-order valence-corrected chi connectivity index (χ0v) is 28.3. The van der Waals surface area contributed by atoms with Gasteiger partial charge in [-0.2, -0.15) is 4.31 Å². The first-order valence-electron chi connectivity index (χ1n) is 16.4. The summed E-state index contributed by atoms with van der Waals surface area (Å²) in [5, 5.41) is 18.0. The smallest absolute Gasteiger partial charge is 0.251 e. The summed E-state index contributed by atoms with van der Waals surface area (Å²) in [6, 6.07) is 15.8. The van der Waals surface area contributed by atoms with E-state index in [4.69, 9.17) is 4.74 Å². The molecule has 1 aliphatic rings. The minimum atomic E-state index is -3.84. The fraction of sp³-hybridized carbons (Fsp3) is 0.472. The fourth-order valence-electron chi connectivity index (χ4n) is 6.40. The molecule has 8 nitrogen and oxygen atoms in total. The van der Waals surface area contributed by atoms with Crippen LogP contribution in [0.5, 0.6) is 5.75 Å². The molecule has 1 amide bonds. The van der Waals surface area contributed by atoms with Gasteiger partial charge in [0.2, 0.25) is 10.0 Å². The average Bonchev–Trinajstić information content (AvgIpc) is 3.06. The van der Waals surface area contributed by atoms with Crippen LogP contribution in [0.15, 0.2) is 71.6 Å². The molecule has 3 aromatic carbocycles. The summed E-state index contributed by atoms with van der Waals surface area (Å²) in [6.07, 6.45) is 4.84. The van der Waals surface area contributed by atoms with E-state index in [1.807, 2.05) is 38.1 Å². The van der Waals surface area contributed by atoms with E-state index >= 15 is 0 Å². The van der Waals surface area contributed by atoms with Crippen LogP contribution >= 0.6 is 0 Å². The maximum atomic E-state index is 14.2. The lowest BCUT2D eigenvalue weighted by Crippen LogP contribution is -2.53. The largest absolute Gasteiger partial charge is 0.497 e. The monoisotopic (exact) mass is 671 g/mol. The Kier molecular flexibility index (Phi) is 12.9. The van der Waals surface area contributed by atoms with Gasteiger partial charge in [-0.3, -0.25) is 4.79 Å². The van der Waals surface area contributed by atoms with E-state index in [2.05, 4.69) is 10.6 Å². The van der Waals surface area contributed by atoms with Gasteiger partial charge in [0.15, 0.2) is 0 Å². The van der Waals surface area contributed by atoms with Gasteiger partial charge in [-0.1, -0.05) is 51.3 Å². The van der Waals surface area contributed by atoms with Crippen LogP contribution in [0.3, 0.4) is 0 Å². The molecule has 0 aromatic heterocycles. The van der Waals surface area contributed by atoms with Crippen molar-refractivity contribution in [2.75, 3.05) is 26.7 Å². The SMILES string of the molecule is CCCN(CCC)S(=O)(=O)c1cccc(C(=O)N[C@@H](Cc2cc(F)cc(F)c2)[C@H](O)CNC2(c3cccc(OC)c3)CCCCC2)c1. The number of benzene rings is 3. The van der Waals surface area contributed by atoms with Crippen molar-refractivity contribution in [3.05, 3.63) is 95.1 Å². The highest BCUT2D eigenvalue weighted by molar-refractivity contribution is 7.89. The number of methoxy groups -OCH3 is 1. The lowest BCUT2D eigenvalue weighted by molar-refractivity contribution is 0.0788. The number of carbonyl (C=O) groups excluding carboxylic acids is 1. The van der Waals surface area contributed by atoms with E-state index in [0.29, 0.717) is 25.9 Å². The van der Waals surface area contributed by atoms with E-state index in [0.717, 1.165) is 49.5 Å². The third kappa shape index (κ3) is 9.37. The molecule has 3 N–H and O–H groups in total. The summed E-state index contributed by atoms with van der Waals surface area (Å²) in [5.41, 5.74) is 0.960. The van der Waals surface area contributed by atoms with Crippen LogP contribution in [-0.4, -0.2) is 62.6 Å². The normalized spacial score (nSPS) is 16.1. The number of hydrogen-bond acceptors (Lipinski definition) is 6. The summed E-state index contributed by atoms with van der Waals surface area (Å²) in [6.45, 7) is 4.60. The van der Waals surface area contributed by atoms with Crippen LogP contribution in [0.25, 0.3) is 0 Å². The van der Waals surface area contributed by atoms with Crippen LogP contribution in [0.2, 0.25) is 0 Å². The minimum absolute atomic E-state index is 0.00412. The summed E-state index contributed by atoms with van der Waals surface area (Å²) < 4.78 is 62.0. The molecule has 47 heavy (non-hydrogen) atoms. The Hall–Kier alpha value is -3.38. The highest BCUT2D eigenvalue weighted by Crippen LogP contribution is 2.38. The zero-order chi connectivity index (χ0) is 34.0. The number of aliphatic hydroxyl groups is 1. The molecule has 1 aliphatic carbocycles. The number of amides is 1. The molecule has 1 fully saturated rings. The molecule has 0 unspecified atom stereocenters. The highest BCUT2D eigenvalue weighted by Gasteiger charge is 2.35. The van der Waals surface area contributed by atoms with E-state index in [1.165, 1.54) is 40.7 Å². The number of halogens is 2. The van der Waals surface area contributed by atoms with E-state index in [9.17, 15) is 27.1 Å². The Morgan fingerprint density at radius 3 is 2.26 bits per heavy atom. The van der Waals surface area contributed by atoms with Gasteiger partial charge < -0.3 is 20.5 Å². The summed E-state index contributed by atoms with van der Waals surface area (Å²) in [7, 11) is -2.23. The van der Waals surface area contributed by atoms with Gasteiger partial charge in [0, 0.05) is 36.8 Å². The molecular formula is C36H47F2N3O5S. The maximum absolute atomic E-state index is 14.2. The van der Waals surface area contributed by atoms with Gasteiger partial charge in [-0.25, -0.2) is 17.2 Å². The molecule has 4 rings (SSSR count). The van der Waals surface area contributed by atoms with Gasteiger partial charge in [0.25, 0.3) is 5.91 Å². The molecule has 0 saturated heterocycles. The standard InChI is InChI=1S/C36H47F2N3O5S/c1-4-17-41(18-5-2)47(44,45)32-14-9-11-27(22-32)35(43)40-33(21-26-19-29(37)24-30(38)20-26)34(42)25-39-36(15-7-6-8-16-36)28-12-10-13-31(23-28)46-3/h9-14,19-20,22-24,33-34,39,42H,4-8,15-18,21,25H2,1-3H3,(H,40,43)/t33-,34+/m0/s1. The number of nitrogens with zero attached hydrogens (tertiary/aromatic N) is 1. The van der Waals surface area contributed by atoms with Crippen LogP contribution in [0.1, 0.15) is 80.3 Å². The number of ether oxygens (including phenoxy) is 1. The molecule has 256 valence electrons. The molecule has 0 bridgehead atoms. The number of hydrogen-bond donors (Lipinski definition) is 3. The molecule has 0 radical (unpaired) electrons. The zero-order valence-electron chi connectivity index (χ0n) is 27.5. The van der Waals surface area contributed by atoms with Crippen molar-refractivity contribution in [3.8, 4) is 5.75 Å². The molecule has 1 saturated carbocycles. The number of sulfonamides is 1.